The van der Waals surface area contributed by atoms with Crippen LogP contribution in [0.2, 0.25) is 0 Å². The molecule has 0 aromatic heterocycles. The number of rotatable bonds is 3. The predicted octanol–water partition coefficient (Wildman–Crippen LogP) is 2.70. The van der Waals surface area contributed by atoms with Crippen molar-refractivity contribution in [3.8, 4) is 0 Å². The van der Waals surface area contributed by atoms with Crippen molar-refractivity contribution in [1.82, 2.24) is 4.90 Å². The third-order valence-corrected chi connectivity index (χ3v) is 3.46. The number of hydrogen-bond donors (Lipinski definition) is 1. The molecule has 1 saturated heterocycles. The van der Waals surface area contributed by atoms with Crippen LogP contribution >= 0.6 is 0 Å². The van der Waals surface area contributed by atoms with Crippen LogP contribution in [-0.4, -0.2) is 24.5 Å². The van der Waals surface area contributed by atoms with Crippen LogP contribution in [0, 0.1) is 5.82 Å². The quantitative estimate of drug-likeness (QED) is 0.874. The Labute approximate surface area is 103 Å². The molecule has 94 valence electrons. The minimum atomic E-state index is -0.214. The van der Waals surface area contributed by atoms with E-state index in [-0.39, 0.29) is 11.9 Å². The van der Waals surface area contributed by atoms with Gasteiger partial charge in [0.15, 0.2) is 0 Å². The monoisotopic (exact) mass is 236 g/mol. The van der Waals surface area contributed by atoms with Crippen LogP contribution < -0.4 is 5.73 Å². The van der Waals surface area contributed by atoms with E-state index in [4.69, 9.17) is 5.73 Å². The van der Waals surface area contributed by atoms with E-state index in [0.717, 1.165) is 19.6 Å². The molecule has 1 atom stereocenters. The molecule has 0 bridgehead atoms. The van der Waals surface area contributed by atoms with Gasteiger partial charge in [0.05, 0.1) is 0 Å². The normalized spacial score (nSPS) is 19.9. The van der Waals surface area contributed by atoms with Crippen molar-refractivity contribution in [3.63, 3.8) is 0 Å². The molecule has 3 heteroatoms. The first-order valence-electron chi connectivity index (χ1n) is 6.50. The van der Waals surface area contributed by atoms with Gasteiger partial charge in [0.25, 0.3) is 0 Å². The lowest BCUT2D eigenvalue weighted by atomic mass is 10.1. The fourth-order valence-corrected chi connectivity index (χ4v) is 2.47. The van der Waals surface area contributed by atoms with Gasteiger partial charge in [-0.15, -0.1) is 0 Å². The van der Waals surface area contributed by atoms with Gasteiger partial charge in [-0.25, -0.2) is 4.39 Å². The summed E-state index contributed by atoms with van der Waals surface area (Å²) < 4.78 is 13.6. The Balaban J connectivity index is 1.96. The van der Waals surface area contributed by atoms with Gasteiger partial charge < -0.3 is 10.6 Å². The van der Waals surface area contributed by atoms with Crippen molar-refractivity contribution in [2.24, 2.45) is 5.73 Å². The standard InChI is InChI=1S/C14H21FN2/c15-13-8-4-3-7-12(13)14(16)11-17-9-5-1-2-6-10-17/h3-4,7-8,14H,1-2,5-6,9-11,16H2. The lowest BCUT2D eigenvalue weighted by molar-refractivity contribution is 0.266. The van der Waals surface area contributed by atoms with Gasteiger partial charge in [-0.1, -0.05) is 31.0 Å². The molecular formula is C14H21FN2. The summed E-state index contributed by atoms with van der Waals surface area (Å²) in [5.74, 6) is -0.185. The Morgan fingerprint density at radius 3 is 2.41 bits per heavy atom. The van der Waals surface area contributed by atoms with Crippen molar-refractivity contribution >= 4 is 0 Å². The van der Waals surface area contributed by atoms with Crippen molar-refractivity contribution in [1.29, 1.82) is 0 Å². The molecule has 0 aliphatic carbocycles. The summed E-state index contributed by atoms with van der Waals surface area (Å²) in [7, 11) is 0. The van der Waals surface area contributed by atoms with Crippen molar-refractivity contribution < 1.29 is 4.39 Å². The van der Waals surface area contributed by atoms with Crippen LogP contribution in [-0.2, 0) is 0 Å². The molecule has 1 aromatic carbocycles. The first kappa shape index (κ1) is 12.5. The fraction of sp³-hybridized carbons (Fsp3) is 0.571. The number of nitrogens with zero attached hydrogens (tertiary/aromatic N) is 1. The Hall–Kier alpha value is -0.930. The van der Waals surface area contributed by atoms with Gasteiger partial charge >= 0.3 is 0 Å². The molecule has 2 nitrogen and oxygen atoms in total. The summed E-state index contributed by atoms with van der Waals surface area (Å²) >= 11 is 0. The highest BCUT2D eigenvalue weighted by atomic mass is 19.1. The average Bonchev–Trinajstić information content (AvgIpc) is 2.58. The van der Waals surface area contributed by atoms with E-state index < -0.39 is 0 Å². The molecule has 0 amide bonds. The molecule has 17 heavy (non-hydrogen) atoms. The molecular weight excluding hydrogens is 215 g/mol. The van der Waals surface area contributed by atoms with Gasteiger partial charge in [0.1, 0.15) is 5.82 Å². The largest absolute Gasteiger partial charge is 0.323 e. The molecule has 1 heterocycles. The number of benzene rings is 1. The van der Waals surface area contributed by atoms with E-state index in [9.17, 15) is 4.39 Å². The molecule has 1 fully saturated rings. The third-order valence-electron chi connectivity index (χ3n) is 3.46. The highest BCUT2D eigenvalue weighted by Crippen LogP contribution is 2.17. The Morgan fingerprint density at radius 1 is 1.12 bits per heavy atom. The second kappa shape index (κ2) is 6.12. The van der Waals surface area contributed by atoms with Crippen molar-refractivity contribution in [2.75, 3.05) is 19.6 Å². The van der Waals surface area contributed by atoms with E-state index in [1.165, 1.54) is 31.7 Å². The van der Waals surface area contributed by atoms with Gasteiger partial charge in [-0.05, 0) is 32.0 Å². The lowest BCUT2D eigenvalue weighted by Gasteiger charge is -2.24. The van der Waals surface area contributed by atoms with Gasteiger partial charge in [-0.2, -0.15) is 0 Å². The topological polar surface area (TPSA) is 29.3 Å². The number of hydrogen-bond acceptors (Lipinski definition) is 2. The summed E-state index contributed by atoms with van der Waals surface area (Å²) in [6.07, 6.45) is 5.10. The summed E-state index contributed by atoms with van der Waals surface area (Å²) in [6.45, 7) is 2.96. The smallest absolute Gasteiger partial charge is 0.128 e. The van der Waals surface area contributed by atoms with E-state index in [1.807, 2.05) is 6.07 Å². The van der Waals surface area contributed by atoms with Crippen LogP contribution in [0.3, 0.4) is 0 Å². The fourth-order valence-electron chi connectivity index (χ4n) is 2.47. The Morgan fingerprint density at radius 2 is 1.76 bits per heavy atom. The average molecular weight is 236 g/mol. The third kappa shape index (κ3) is 3.51. The highest BCUT2D eigenvalue weighted by Gasteiger charge is 2.16. The Bertz CT molecular complexity index is 346. The number of likely N-dealkylation sites (tertiary alicyclic amines) is 1. The maximum atomic E-state index is 13.6. The summed E-state index contributed by atoms with van der Waals surface area (Å²) in [5, 5.41) is 0. The molecule has 0 spiro atoms. The molecule has 1 aliphatic rings. The molecule has 1 aliphatic heterocycles. The Kier molecular flexibility index (Phi) is 4.51. The van der Waals surface area contributed by atoms with Gasteiger partial charge in [0.2, 0.25) is 0 Å². The molecule has 0 saturated carbocycles. The summed E-state index contributed by atoms with van der Waals surface area (Å²) in [4.78, 5) is 2.37. The first-order valence-corrected chi connectivity index (χ1v) is 6.50. The SMILES string of the molecule is NC(CN1CCCCCC1)c1ccccc1F. The van der Waals surface area contributed by atoms with Crippen LogP contribution in [0.5, 0.6) is 0 Å². The zero-order valence-corrected chi connectivity index (χ0v) is 10.2. The van der Waals surface area contributed by atoms with Crippen molar-refractivity contribution in [3.05, 3.63) is 35.6 Å². The minimum Gasteiger partial charge on any atom is -0.323 e. The lowest BCUT2D eigenvalue weighted by Crippen LogP contribution is -2.33. The molecule has 2 N–H and O–H groups in total. The number of halogens is 1. The molecule has 2 rings (SSSR count). The van der Waals surface area contributed by atoms with E-state index in [0.29, 0.717) is 5.56 Å². The van der Waals surface area contributed by atoms with Gasteiger partial charge in [-0.3, -0.25) is 0 Å². The van der Waals surface area contributed by atoms with Crippen LogP contribution in [0.15, 0.2) is 24.3 Å². The summed E-state index contributed by atoms with van der Waals surface area (Å²) in [5.41, 5.74) is 6.73. The maximum absolute atomic E-state index is 13.6. The maximum Gasteiger partial charge on any atom is 0.128 e. The minimum absolute atomic E-state index is 0.185. The van der Waals surface area contributed by atoms with Crippen LogP contribution in [0.25, 0.3) is 0 Å². The van der Waals surface area contributed by atoms with E-state index >= 15 is 0 Å². The second-order valence-corrected chi connectivity index (χ2v) is 4.84. The predicted molar refractivity (Wildman–Crippen MR) is 68.2 cm³/mol. The summed E-state index contributed by atoms with van der Waals surface area (Å²) in [6, 6.07) is 6.61. The molecule has 1 aromatic rings. The molecule has 1 unspecified atom stereocenters. The van der Waals surface area contributed by atoms with Crippen LogP contribution in [0.4, 0.5) is 4.39 Å². The van der Waals surface area contributed by atoms with E-state index in [2.05, 4.69) is 4.90 Å². The van der Waals surface area contributed by atoms with Gasteiger partial charge in [0, 0.05) is 18.2 Å². The first-order chi connectivity index (χ1) is 8.27. The second-order valence-electron chi connectivity index (χ2n) is 4.84. The zero-order chi connectivity index (χ0) is 12.1. The van der Waals surface area contributed by atoms with Crippen LogP contribution in [0.1, 0.15) is 37.3 Å². The zero-order valence-electron chi connectivity index (χ0n) is 10.2. The highest BCUT2D eigenvalue weighted by molar-refractivity contribution is 5.21. The van der Waals surface area contributed by atoms with E-state index in [1.54, 1.807) is 12.1 Å². The molecule has 0 radical (unpaired) electrons. The van der Waals surface area contributed by atoms with Crippen molar-refractivity contribution in [2.45, 2.75) is 31.7 Å². The number of nitrogens with two attached hydrogens (primary N) is 1.